The van der Waals surface area contributed by atoms with Crippen LogP contribution in [0.3, 0.4) is 0 Å². The van der Waals surface area contributed by atoms with E-state index in [-0.39, 0.29) is 0 Å². The van der Waals surface area contributed by atoms with E-state index in [0.29, 0.717) is 17.9 Å². The van der Waals surface area contributed by atoms with Gasteiger partial charge in [-0.2, -0.15) is 0 Å². The number of likely N-dealkylation sites (tertiary alicyclic amines) is 1. The average molecular weight is 404 g/mol. The van der Waals surface area contributed by atoms with Gasteiger partial charge in [-0.05, 0) is 86.5 Å². The lowest BCUT2D eigenvalue weighted by molar-refractivity contribution is -0.0712. The number of aromatic amines is 1. The van der Waals surface area contributed by atoms with Crippen LogP contribution in [0.25, 0.3) is 22.2 Å². The van der Waals surface area contributed by atoms with Gasteiger partial charge in [-0.25, -0.2) is 0 Å². The number of pyridine rings is 1. The lowest BCUT2D eigenvalue weighted by Crippen LogP contribution is -2.51. The molecule has 0 bridgehead atoms. The van der Waals surface area contributed by atoms with Gasteiger partial charge < -0.3 is 9.72 Å². The highest BCUT2D eigenvalue weighted by atomic mass is 16.5. The normalized spacial score (nSPS) is 19.0. The number of hydrogen-bond acceptors (Lipinski definition) is 3. The van der Waals surface area contributed by atoms with Gasteiger partial charge in [0.15, 0.2) is 0 Å². The number of aromatic nitrogens is 2. The van der Waals surface area contributed by atoms with Gasteiger partial charge >= 0.3 is 0 Å². The molecule has 0 amide bonds. The summed E-state index contributed by atoms with van der Waals surface area (Å²) in [5, 5.41) is 1.39. The van der Waals surface area contributed by atoms with E-state index in [4.69, 9.17) is 4.74 Å². The van der Waals surface area contributed by atoms with Gasteiger partial charge in [-0.15, -0.1) is 0 Å². The Kier molecular flexibility index (Phi) is 5.16. The smallest absolute Gasteiger partial charge is 0.0645 e. The van der Waals surface area contributed by atoms with Gasteiger partial charge in [0, 0.05) is 28.4 Å². The Morgan fingerprint density at radius 2 is 1.87 bits per heavy atom. The van der Waals surface area contributed by atoms with E-state index in [1.807, 2.05) is 6.20 Å². The van der Waals surface area contributed by atoms with Crippen molar-refractivity contribution in [2.75, 3.05) is 26.3 Å². The topological polar surface area (TPSA) is 41.2 Å². The summed E-state index contributed by atoms with van der Waals surface area (Å²) < 4.78 is 5.39. The maximum absolute atomic E-state index is 5.39. The molecule has 2 aromatic heterocycles. The van der Waals surface area contributed by atoms with E-state index >= 15 is 0 Å². The second-order valence-electron chi connectivity index (χ2n) is 9.52. The Morgan fingerprint density at radius 3 is 2.53 bits per heavy atom. The summed E-state index contributed by atoms with van der Waals surface area (Å²) in [6.45, 7) is 13.1. The van der Waals surface area contributed by atoms with Crippen LogP contribution < -0.4 is 0 Å². The highest BCUT2D eigenvalue weighted by Gasteiger charge is 2.30. The second-order valence-corrected chi connectivity index (χ2v) is 9.52. The minimum absolute atomic E-state index is 0.456. The molecule has 2 aliphatic heterocycles. The molecule has 0 spiro atoms. The molecule has 2 fully saturated rings. The number of piperidine rings is 1. The van der Waals surface area contributed by atoms with Crippen molar-refractivity contribution in [1.29, 1.82) is 0 Å². The van der Waals surface area contributed by atoms with Crippen LogP contribution in [0.2, 0.25) is 0 Å². The Balaban J connectivity index is 1.50. The third kappa shape index (κ3) is 3.46. The van der Waals surface area contributed by atoms with Crippen LogP contribution in [0.1, 0.15) is 60.9 Å². The molecule has 4 heteroatoms. The van der Waals surface area contributed by atoms with Crippen LogP contribution >= 0.6 is 0 Å². The first-order valence-corrected chi connectivity index (χ1v) is 11.4. The van der Waals surface area contributed by atoms with Crippen LogP contribution in [0, 0.1) is 13.8 Å². The number of aryl methyl sites for hydroxylation is 2. The van der Waals surface area contributed by atoms with Gasteiger partial charge in [0.2, 0.25) is 0 Å². The van der Waals surface area contributed by atoms with Crippen molar-refractivity contribution < 1.29 is 4.74 Å². The number of nitrogens with zero attached hydrogens (tertiary/aromatic N) is 2. The number of rotatable bonds is 4. The van der Waals surface area contributed by atoms with Gasteiger partial charge in [0.1, 0.15) is 0 Å². The fraction of sp³-hybridized carbons (Fsp3) is 0.500. The van der Waals surface area contributed by atoms with Crippen LogP contribution in [-0.4, -0.2) is 47.2 Å². The van der Waals surface area contributed by atoms with Crippen molar-refractivity contribution in [3.05, 3.63) is 52.8 Å². The number of benzene rings is 1. The molecule has 3 aromatic rings. The first-order chi connectivity index (χ1) is 14.5. The molecule has 1 aromatic carbocycles. The molecule has 158 valence electrons. The molecule has 5 rings (SSSR count). The number of H-pyrrole nitrogens is 1. The highest BCUT2D eigenvalue weighted by Crippen LogP contribution is 2.39. The minimum atomic E-state index is 0.456. The van der Waals surface area contributed by atoms with E-state index in [0.717, 1.165) is 18.9 Å². The molecule has 0 unspecified atom stereocenters. The number of hydrogen-bond donors (Lipinski definition) is 1. The maximum atomic E-state index is 5.39. The van der Waals surface area contributed by atoms with Gasteiger partial charge in [-0.3, -0.25) is 9.88 Å². The van der Waals surface area contributed by atoms with E-state index < -0.39 is 0 Å². The van der Waals surface area contributed by atoms with Crippen molar-refractivity contribution in [1.82, 2.24) is 14.9 Å². The average Bonchev–Trinajstić information content (AvgIpc) is 3.08. The zero-order valence-corrected chi connectivity index (χ0v) is 18.7. The summed E-state index contributed by atoms with van der Waals surface area (Å²) in [6, 6.07) is 10.0. The van der Waals surface area contributed by atoms with E-state index in [9.17, 15) is 0 Å². The quantitative estimate of drug-likeness (QED) is 0.621. The Labute approximate surface area is 179 Å². The SMILES string of the molecule is Cc1cc(-c2[nH]c3ccc(C4CCN(C5COC5)CC4)cc3c2C(C)C)c(C)cn1. The van der Waals surface area contributed by atoms with Crippen molar-refractivity contribution in [2.45, 2.75) is 58.4 Å². The first kappa shape index (κ1) is 19.8. The van der Waals surface area contributed by atoms with E-state index in [2.05, 4.69) is 66.8 Å². The highest BCUT2D eigenvalue weighted by molar-refractivity contribution is 5.92. The Hall–Kier alpha value is -2.17. The summed E-state index contributed by atoms with van der Waals surface area (Å²) in [5.74, 6) is 1.12. The molecular formula is C26H33N3O. The molecule has 2 aliphatic rings. The largest absolute Gasteiger partial charge is 0.378 e. The van der Waals surface area contributed by atoms with Crippen molar-refractivity contribution in [3.63, 3.8) is 0 Å². The molecule has 0 aliphatic carbocycles. The standard InChI is InChI=1S/C26H33N3O/c1-16(2)25-23-12-20(19-7-9-29(10-8-19)21-14-30-15-21)5-6-24(23)28-26(25)22-11-18(4)27-13-17(22)3/h5-6,11-13,16,19,21,28H,7-10,14-15H2,1-4H3. The van der Waals surface area contributed by atoms with Crippen molar-refractivity contribution >= 4 is 10.9 Å². The van der Waals surface area contributed by atoms with Crippen LogP contribution in [0.15, 0.2) is 30.5 Å². The fourth-order valence-electron chi connectivity index (χ4n) is 5.23. The monoisotopic (exact) mass is 403 g/mol. The van der Waals surface area contributed by atoms with E-state index in [1.54, 1.807) is 0 Å². The second kappa shape index (κ2) is 7.82. The van der Waals surface area contributed by atoms with Crippen molar-refractivity contribution in [2.24, 2.45) is 0 Å². The molecule has 0 saturated carbocycles. The molecule has 4 nitrogen and oxygen atoms in total. The Bertz CT molecular complexity index is 1060. The lowest BCUT2D eigenvalue weighted by Gasteiger charge is -2.41. The van der Waals surface area contributed by atoms with Gasteiger partial charge in [-0.1, -0.05) is 19.9 Å². The summed E-state index contributed by atoms with van der Waals surface area (Å²) in [5.41, 5.74) is 9.01. The molecule has 1 N–H and O–H groups in total. The number of nitrogens with one attached hydrogen (secondary N) is 1. The lowest BCUT2D eigenvalue weighted by atomic mass is 9.87. The fourth-order valence-corrected chi connectivity index (χ4v) is 5.23. The summed E-state index contributed by atoms with van der Waals surface area (Å²) in [6.07, 6.45) is 4.49. The van der Waals surface area contributed by atoms with Crippen LogP contribution in [0.4, 0.5) is 0 Å². The third-order valence-corrected chi connectivity index (χ3v) is 7.09. The van der Waals surface area contributed by atoms with E-state index in [1.165, 1.54) is 64.8 Å². The van der Waals surface area contributed by atoms with Crippen LogP contribution in [-0.2, 0) is 4.74 Å². The van der Waals surface area contributed by atoms with Gasteiger partial charge in [0.25, 0.3) is 0 Å². The maximum Gasteiger partial charge on any atom is 0.0645 e. The molecule has 0 atom stereocenters. The van der Waals surface area contributed by atoms with Crippen molar-refractivity contribution in [3.8, 4) is 11.3 Å². The third-order valence-electron chi connectivity index (χ3n) is 7.09. The molecular weight excluding hydrogens is 370 g/mol. The molecule has 30 heavy (non-hydrogen) atoms. The summed E-state index contributed by atoms with van der Waals surface area (Å²) in [7, 11) is 0. The number of ether oxygens (including phenoxy) is 1. The Morgan fingerprint density at radius 1 is 1.10 bits per heavy atom. The minimum Gasteiger partial charge on any atom is -0.378 e. The predicted molar refractivity (Wildman–Crippen MR) is 123 cm³/mol. The number of fused-ring (bicyclic) bond motifs is 1. The first-order valence-electron chi connectivity index (χ1n) is 11.4. The molecule has 4 heterocycles. The van der Waals surface area contributed by atoms with Gasteiger partial charge in [0.05, 0.1) is 24.9 Å². The molecule has 0 radical (unpaired) electrons. The zero-order valence-electron chi connectivity index (χ0n) is 18.7. The molecule has 2 saturated heterocycles. The zero-order chi connectivity index (χ0) is 20.8. The predicted octanol–water partition coefficient (Wildman–Crippen LogP) is 5.55. The summed E-state index contributed by atoms with van der Waals surface area (Å²) in [4.78, 5) is 10.8. The van der Waals surface area contributed by atoms with Crippen LogP contribution in [0.5, 0.6) is 0 Å². The summed E-state index contributed by atoms with van der Waals surface area (Å²) >= 11 is 0.